The first-order chi connectivity index (χ1) is 12.1. The molecule has 0 fully saturated rings. The van der Waals surface area contributed by atoms with Crippen molar-refractivity contribution in [1.82, 2.24) is 15.4 Å². The van der Waals surface area contributed by atoms with Crippen LogP contribution in [0.2, 0.25) is 0 Å². The number of aromatic nitrogens is 2. The summed E-state index contributed by atoms with van der Waals surface area (Å²) in [5.41, 5.74) is 6.61. The normalized spacial score (nSPS) is 11.1. The lowest BCUT2D eigenvalue weighted by molar-refractivity contribution is -0.121. The fourth-order valence-electron chi connectivity index (χ4n) is 2.39. The third kappa shape index (κ3) is 4.38. The number of aryl methyl sites for hydroxylation is 2. The van der Waals surface area contributed by atoms with Crippen molar-refractivity contribution in [1.29, 1.82) is 0 Å². The number of fused-ring (bicyclic) bond motifs is 1. The molecule has 1 aromatic heterocycles. The van der Waals surface area contributed by atoms with Crippen molar-refractivity contribution in [3.8, 4) is 5.75 Å². The van der Waals surface area contributed by atoms with Gasteiger partial charge in [-0.15, -0.1) is 0 Å². The molecule has 0 atom stereocenters. The van der Waals surface area contributed by atoms with E-state index in [9.17, 15) is 9.90 Å². The molecule has 0 aliphatic heterocycles. The molecule has 2 N–H and O–H groups in total. The minimum Gasteiger partial charge on any atom is -0.508 e. The fraction of sp³-hybridized carbons (Fsp3) is 0.158. The monoisotopic (exact) mass is 334 g/mol. The number of hydrogen-bond acceptors (Lipinski definition) is 5. The lowest BCUT2D eigenvalue weighted by atomic mass is 10.1. The largest absolute Gasteiger partial charge is 0.508 e. The Morgan fingerprint density at radius 3 is 2.52 bits per heavy atom. The summed E-state index contributed by atoms with van der Waals surface area (Å²) in [5, 5.41) is 13.1. The Morgan fingerprint density at radius 1 is 1.12 bits per heavy atom. The van der Waals surface area contributed by atoms with E-state index in [1.807, 2.05) is 31.2 Å². The van der Waals surface area contributed by atoms with Crippen LogP contribution in [0.3, 0.4) is 0 Å². The van der Waals surface area contributed by atoms with E-state index in [0.717, 1.165) is 28.0 Å². The molecule has 1 amide bonds. The van der Waals surface area contributed by atoms with Gasteiger partial charge in [0.15, 0.2) is 0 Å². The molecule has 25 heavy (non-hydrogen) atoms. The van der Waals surface area contributed by atoms with Crippen molar-refractivity contribution in [3.05, 3.63) is 65.5 Å². The number of para-hydroxylation sites is 2. The number of aromatic hydroxyl groups is 1. The number of amides is 1. The number of carbonyl (C=O) groups is 1. The number of benzene rings is 2. The third-order valence-electron chi connectivity index (χ3n) is 3.73. The lowest BCUT2D eigenvalue weighted by Gasteiger charge is -2.06. The van der Waals surface area contributed by atoms with Gasteiger partial charge in [-0.2, -0.15) is 5.10 Å². The summed E-state index contributed by atoms with van der Waals surface area (Å²) in [5.74, 6) is -0.00237. The van der Waals surface area contributed by atoms with E-state index in [2.05, 4.69) is 20.5 Å². The Labute approximate surface area is 145 Å². The average molecular weight is 334 g/mol. The molecule has 3 aromatic rings. The van der Waals surface area contributed by atoms with Crippen LogP contribution in [0.25, 0.3) is 11.0 Å². The SMILES string of the molecule is Cc1nc2ccccc2nc1CCC(=O)N/N=C/c1ccc(O)cc1. The van der Waals surface area contributed by atoms with Crippen LogP contribution in [0.15, 0.2) is 53.6 Å². The predicted molar refractivity (Wildman–Crippen MR) is 96.4 cm³/mol. The van der Waals surface area contributed by atoms with Gasteiger partial charge in [-0.1, -0.05) is 12.1 Å². The number of nitrogens with zero attached hydrogens (tertiary/aromatic N) is 3. The molecule has 2 aromatic carbocycles. The lowest BCUT2D eigenvalue weighted by Crippen LogP contribution is -2.18. The summed E-state index contributed by atoms with van der Waals surface area (Å²) in [7, 11) is 0. The van der Waals surface area contributed by atoms with Crippen molar-refractivity contribution in [2.75, 3.05) is 0 Å². The standard InChI is InChI=1S/C19H18N4O2/c1-13-16(22-18-5-3-2-4-17(18)21-13)10-11-19(25)23-20-12-14-6-8-15(24)9-7-14/h2-9,12,24H,10-11H2,1H3,(H,23,25)/b20-12+. The molecule has 3 rings (SSSR count). The van der Waals surface area contributed by atoms with Crippen LogP contribution in [-0.2, 0) is 11.2 Å². The van der Waals surface area contributed by atoms with Crippen LogP contribution in [0.5, 0.6) is 5.75 Å². The van der Waals surface area contributed by atoms with E-state index >= 15 is 0 Å². The van der Waals surface area contributed by atoms with E-state index in [4.69, 9.17) is 0 Å². The van der Waals surface area contributed by atoms with Crippen LogP contribution in [0, 0.1) is 6.92 Å². The maximum Gasteiger partial charge on any atom is 0.240 e. The second-order valence-electron chi connectivity index (χ2n) is 5.63. The van der Waals surface area contributed by atoms with Gasteiger partial charge in [0.05, 0.1) is 28.6 Å². The van der Waals surface area contributed by atoms with Crippen LogP contribution < -0.4 is 5.43 Å². The van der Waals surface area contributed by atoms with Crippen molar-refractivity contribution in [3.63, 3.8) is 0 Å². The van der Waals surface area contributed by atoms with Gasteiger partial charge in [0.2, 0.25) is 5.91 Å². The van der Waals surface area contributed by atoms with Gasteiger partial charge in [0, 0.05) is 12.8 Å². The Morgan fingerprint density at radius 2 is 1.80 bits per heavy atom. The van der Waals surface area contributed by atoms with Gasteiger partial charge < -0.3 is 5.11 Å². The maximum absolute atomic E-state index is 11.9. The van der Waals surface area contributed by atoms with E-state index in [1.165, 1.54) is 6.21 Å². The van der Waals surface area contributed by atoms with Crippen LogP contribution in [-0.4, -0.2) is 27.2 Å². The minimum atomic E-state index is -0.190. The Hall–Kier alpha value is -3.28. The molecule has 6 nitrogen and oxygen atoms in total. The van der Waals surface area contributed by atoms with Gasteiger partial charge in [-0.25, -0.2) is 15.4 Å². The van der Waals surface area contributed by atoms with Crippen LogP contribution in [0.4, 0.5) is 0 Å². The van der Waals surface area contributed by atoms with E-state index in [1.54, 1.807) is 24.3 Å². The molecule has 1 heterocycles. The second kappa shape index (κ2) is 7.53. The molecule has 0 radical (unpaired) electrons. The first-order valence-electron chi connectivity index (χ1n) is 7.95. The van der Waals surface area contributed by atoms with Gasteiger partial charge in [0.1, 0.15) is 5.75 Å². The Balaban J connectivity index is 1.57. The Kier molecular flexibility index (Phi) is 4.99. The van der Waals surface area contributed by atoms with E-state index in [0.29, 0.717) is 6.42 Å². The van der Waals surface area contributed by atoms with Crippen molar-refractivity contribution < 1.29 is 9.90 Å². The molecule has 0 bridgehead atoms. The number of phenols is 1. The average Bonchev–Trinajstić information content (AvgIpc) is 2.61. The molecular formula is C19H18N4O2. The summed E-state index contributed by atoms with van der Waals surface area (Å²) >= 11 is 0. The summed E-state index contributed by atoms with van der Waals surface area (Å²) in [6, 6.07) is 14.2. The minimum absolute atomic E-state index is 0.188. The first-order valence-corrected chi connectivity index (χ1v) is 7.95. The number of hydrazone groups is 1. The number of rotatable bonds is 5. The molecule has 0 saturated heterocycles. The zero-order valence-electron chi connectivity index (χ0n) is 13.8. The molecule has 0 aliphatic carbocycles. The van der Waals surface area contributed by atoms with E-state index in [-0.39, 0.29) is 18.1 Å². The summed E-state index contributed by atoms with van der Waals surface area (Å²) in [6.45, 7) is 1.90. The topological polar surface area (TPSA) is 87.5 Å². The molecule has 6 heteroatoms. The zero-order chi connectivity index (χ0) is 17.6. The van der Waals surface area contributed by atoms with Gasteiger partial charge in [0.25, 0.3) is 0 Å². The second-order valence-corrected chi connectivity index (χ2v) is 5.63. The highest BCUT2D eigenvalue weighted by atomic mass is 16.3. The molecule has 0 unspecified atom stereocenters. The molecule has 0 saturated carbocycles. The van der Waals surface area contributed by atoms with Gasteiger partial charge >= 0.3 is 0 Å². The highest BCUT2D eigenvalue weighted by Gasteiger charge is 2.07. The highest BCUT2D eigenvalue weighted by Crippen LogP contribution is 2.13. The van der Waals surface area contributed by atoms with Crippen molar-refractivity contribution in [2.24, 2.45) is 5.10 Å². The van der Waals surface area contributed by atoms with Crippen LogP contribution in [0.1, 0.15) is 23.4 Å². The van der Waals surface area contributed by atoms with Crippen LogP contribution >= 0.6 is 0 Å². The third-order valence-corrected chi connectivity index (χ3v) is 3.73. The van der Waals surface area contributed by atoms with Crippen molar-refractivity contribution >= 4 is 23.2 Å². The predicted octanol–water partition coefficient (Wildman–Crippen LogP) is 2.73. The molecule has 0 aliphatic rings. The number of hydrogen-bond donors (Lipinski definition) is 2. The quantitative estimate of drug-likeness (QED) is 0.555. The van der Waals surface area contributed by atoms with Gasteiger partial charge in [-0.3, -0.25) is 4.79 Å². The molecular weight excluding hydrogens is 316 g/mol. The molecule has 0 spiro atoms. The van der Waals surface area contributed by atoms with Gasteiger partial charge in [-0.05, 0) is 48.9 Å². The summed E-state index contributed by atoms with van der Waals surface area (Å²) in [4.78, 5) is 21.0. The smallest absolute Gasteiger partial charge is 0.240 e. The summed E-state index contributed by atoms with van der Waals surface area (Å²) in [6.07, 6.45) is 2.31. The number of phenolic OH excluding ortho intramolecular Hbond substituents is 1. The van der Waals surface area contributed by atoms with Crippen molar-refractivity contribution in [2.45, 2.75) is 19.8 Å². The summed E-state index contributed by atoms with van der Waals surface area (Å²) < 4.78 is 0. The number of nitrogens with one attached hydrogen (secondary N) is 1. The fourth-order valence-corrected chi connectivity index (χ4v) is 2.39. The highest BCUT2D eigenvalue weighted by molar-refractivity contribution is 5.82. The number of carbonyl (C=O) groups excluding carboxylic acids is 1. The van der Waals surface area contributed by atoms with E-state index < -0.39 is 0 Å². The zero-order valence-corrected chi connectivity index (χ0v) is 13.8. The Bertz CT molecular complexity index is 920. The first kappa shape index (κ1) is 16.6. The maximum atomic E-state index is 11.9. The molecule has 126 valence electrons.